The number of hydrogen-bond acceptors (Lipinski definition) is 6. The van der Waals surface area contributed by atoms with Gasteiger partial charge in [-0.15, -0.1) is 11.8 Å². The minimum atomic E-state index is -1.22. The molecule has 0 aliphatic carbocycles. The molecule has 3 atom stereocenters. The minimum absolute atomic E-state index is 0. The van der Waals surface area contributed by atoms with Crippen molar-refractivity contribution < 1.29 is 54.2 Å². The molecule has 9 heteroatoms. The van der Waals surface area contributed by atoms with Crippen LogP contribution in [0.5, 0.6) is 0 Å². The first-order chi connectivity index (χ1) is 11.2. The number of amides is 1. The third kappa shape index (κ3) is 4.38. The number of nitrogens with zero attached hydrogens (tertiary/aromatic N) is 1. The van der Waals surface area contributed by atoms with Crippen LogP contribution in [0.25, 0.3) is 0 Å². The molecule has 130 valence electrons. The number of carbonyl (C=O) groups is 3. The van der Waals surface area contributed by atoms with Crippen molar-refractivity contribution in [2.24, 2.45) is 5.73 Å². The van der Waals surface area contributed by atoms with Gasteiger partial charge in [0.1, 0.15) is 6.04 Å². The predicted octanol–water partition coefficient (Wildman–Crippen LogP) is -3.38. The number of thioether (sulfide) groups is 1. The summed E-state index contributed by atoms with van der Waals surface area (Å²) in [7, 11) is 0. The summed E-state index contributed by atoms with van der Waals surface area (Å²) in [6, 6.07) is 8.87. The van der Waals surface area contributed by atoms with Crippen LogP contribution in [0.2, 0.25) is 0 Å². The maximum absolute atomic E-state index is 12.3. The van der Waals surface area contributed by atoms with Gasteiger partial charge in [-0.25, -0.2) is 4.79 Å². The maximum atomic E-state index is 12.3. The van der Waals surface area contributed by atoms with E-state index < -0.39 is 22.7 Å². The summed E-state index contributed by atoms with van der Waals surface area (Å²) >= 11 is 1.58. The largest absolute Gasteiger partial charge is 1.00 e. The maximum Gasteiger partial charge on any atom is 1.00 e. The summed E-state index contributed by atoms with van der Waals surface area (Å²) < 4.78 is -0.449. The van der Waals surface area contributed by atoms with E-state index in [0.717, 1.165) is 5.56 Å². The molecule has 0 aromatic heterocycles. The van der Waals surface area contributed by atoms with Crippen LogP contribution in [0.3, 0.4) is 0 Å². The van der Waals surface area contributed by atoms with Gasteiger partial charge in [0.15, 0.2) is 0 Å². The van der Waals surface area contributed by atoms with Crippen LogP contribution in [0.1, 0.15) is 25.3 Å². The second-order valence-corrected chi connectivity index (χ2v) is 7.83. The SMILES string of the molecule is CC1(C)S[C@@H]2[C@H](c3ccccc3)C(=O)N2[C@H]1C(=O)O.NCC(=O)[O-].[Na+]. The van der Waals surface area contributed by atoms with Crippen molar-refractivity contribution in [2.75, 3.05) is 6.54 Å². The van der Waals surface area contributed by atoms with E-state index in [1.54, 1.807) is 11.8 Å². The molecule has 1 aromatic rings. The Morgan fingerprint density at radius 2 is 1.84 bits per heavy atom. The normalized spacial score (nSPS) is 25.6. The number of benzene rings is 1. The van der Waals surface area contributed by atoms with Crippen LogP contribution >= 0.6 is 11.8 Å². The van der Waals surface area contributed by atoms with E-state index in [4.69, 9.17) is 9.90 Å². The predicted molar refractivity (Wildman–Crippen MR) is 87.0 cm³/mol. The minimum Gasteiger partial charge on any atom is -0.549 e. The van der Waals surface area contributed by atoms with Gasteiger partial charge in [0.25, 0.3) is 0 Å². The van der Waals surface area contributed by atoms with Crippen molar-refractivity contribution >= 4 is 29.6 Å². The Hall–Kier alpha value is -1.06. The molecule has 0 spiro atoms. The number of β-lactam (4-membered cyclic amide) rings is 1. The first-order valence-electron chi connectivity index (χ1n) is 7.38. The molecule has 0 saturated carbocycles. The number of rotatable bonds is 3. The summed E-state index contributed by atoms with van der Waals surface area (Å²) in [4.78, 5) is 34.3. The van der Waals surface area contributed by atoms with Crippen molar-refractivity contribution in [3.63, 3.8) is 0 Å². The molecule has 1 amide bonds. The number of fused-ring (bicyclic) bond motifs is 1. The molecular weight excluding hydrogens is 355 g/mol. The summed E-state index contributed by atoms with van der Waals surface area (Å²) in [5.74, 6) is -2.40. The van der Waals surface area contributed by atoms with Crippen LogP contribution in [0, 0.1) is 0 Å². The van der Waals surface area contributed by atoms with Gasteiger partial charge in [-0.1, -0.05) is 30.3 Å². The Morgan fingerprint density at radius 3 is 2.28 bits per heavy atom. The van der Waals surface area contributed by atoms with E-state index in [-0.39, 0.29) is 53.3 Å². The van der Waals surface area contributed by atoms with Crippen molar-refractivity contribution in [3.8, 4) is 0 Å². The van der Waals surface area contributed by atoms with Gasteiger partial charge in [0.2, 0.25) is 5.91 Å². The molecule has 2 saturated heterocycles. The van der Waals surface area contributed by atoms with Gasteiger partial charge < -0.3 is 25.6 Å². The van der Waals surface area contributed by atoms with Crippen LogP contribution < -0.4 is 40.4 Å². The number of carboxylic acids is 2. The van der Waals surface area contributed by atoms with Crippen molar-refractivity contribution in [2.45, 2.75) is 35.9 Å². The van der Waals surface area contributed by atoms with Gasteiger partial charge in [-0.2, -0.15) is 0 Å². The monoisotopic (exact) mass is 374 g/mol. The second-order valence-electron chi connectivity index (χ2n) is 6.06. The van der Waals surface area contributed by atoms with Gasteiger partial charge in [0.05, 0.1) is 17.3 Å². The molecule has 0 bridgehead atoms. The summed E-state index contributed by atoms with van der Waals surface area (Å²) in [6.45, 7) is 3.40. The average molecular weight is 374 g/mol. The number of hydrogen-bond donors (Lipinski definition) is 2. The fourth-order valence-corrected chi connectivity index (χ4v) is 4.69. The van der Waals surface area contributed by atoms with E-state index in [2.05, 4.69) is 5.73 Å². The van der Waals surface area contributed by atoms with E-state index in [1.807, 2.05) is 44.2 Å². The third-order valence-corrected chi connectivity index (χ3v) is 5.57. The summed E-state index contributed by atoms with van der Waals surface area (Å²) in [5, 5.41) is 18.4. The van der Waals surface area contributed by atoms with E-state index >= 15 is 0 Å². The number of nitrogens with two attached hydrogens (primary N) is 1. The Morgan fingerprint density at radius 1 is 1.32 bits per heavy atom. The average Bonchev–Trinajstić information content (AvgIpc) is 2.77. The standard InChI is InChI=1S/C14H15NO3S.C2H5NO2.Na/c1-14(2)10(13(17)18)15-11(16)9(12(15)19-14)8-6-4-3-5-7-8;3-1-2(4)5;/h3-7,9-10,12H,1-2H3,(H,17,18);1,3H2,(H,4,5);/q;;+1/p-1/t9-,10+,12-;;/m1../s1. The third-order valence-electron chi connectivity index (χ3n) is 4.00. The fraction of sp³-hybridized carbons (Fsp3) is 0.438. The topological polar surface area (TPSA) is 124 Å². The molecule has 0 unspecified atom stereocenters. The first-order valence-corrected chi connectivity index (χ1v) is 8.26. The van der Waals surface area contributed by atoms with Gasteiger partial charge in [-0.05, 0) is 19.4 Å². The zero-order chi connectivity index (χ0) is 18.1. The molecule has 2 aliphatic rings. The molecule has 2 fully saturated rings. The molecular formula is C16H19N2NaO5S. The molecule has 7 nitrogen and oxygen atoms in total. The van der Waals surface area contributed by atoms with Crippen LogP contribution in [-0.4, -0.2) is 50.6 Å². The Labute approximate surface area is 172 Å². The van der Waals surface area contributed by atoms with Crippen molar-refractivity contribution in [3.05, 3.63) is 35.9 Å². The zero-order valence-corrected chi connectivity index (χ0v) is 17.2. The van der Waals surface area contributed by atoms with E-state index in [9.17, 15) is 14.7 Å². The summed E-state index contributed by atoms with van der Waals surface area (Å²) in [5.41, 5.74) is 5.48. The zero-order valence-electron chi connectivity index (χ0n) is 14.3. The molecule has 2 heterocycles. The quantitative estimate of drug-likeness (QED) is 0.418. The Bertz CT molecular complexity index is 655. The van der Waals surface area contributed by atoms with E-state index in [0.29, 0.717) is 0 Å². The number of carboxylic acid groups (broad SMARTS) is 2. The fourth-order valence-electron chi connectivity index (χ4n) is 2.98. The molecule has 2 aliphatic heterocycles. The number of carbonyl (C=O) groups excluding carboxylic acids is 2. The Kier molecular flexibility index (Phi) is 7.52. The van der Waals surface area contributed by atoms with Gasteiger partial charge >= 0.3 is 35.5 Å². The molecule has 1 aromatic carbocycles. The molecule has 25 heavy (non-hydrogen) atoms. The van der Waals surface area contributed by atoms with Crippen LogP contribution in [0.4, 0.5) is 0 Å². The molecule has 3 rings (SSSR count). The Balaban J connectivity index is 0.000000462. The van der Waals surface area contributed by atoms with Crippen molar-refractivity contribution in [1.82, 2.24) is 4.90 Å². The second kappa shape index (κ2) is 8.55. The van der Waals surface area contributed by atoms with Gasteiger partial charge in [-0.3, -0.25) is 4.79 Å². The van der Waals surface area contributed by atoms with Crippen LogP contribution in [0.15, 0.2) is 30.3 Å². The smallest absolute Gasteiger partial charge is 0.549 e. The molecule has 3 N–H and O–H groups in total. The first kappa shape index (κ1) is 22.0. The van der Waals surface area contributed by atoms with Crippen LogP contribution in [-0.2, 0) is 14.4 Å². The summed E-state index contributed by atoms with van der Waals surface area (Å²) in [6.07, 6.45) is 0. The van der Waals surface area contributed by atoms with Crippen molar-refractivity contribution in [1.29, 1.82) is 0 Å². The van der Waals surface area contributed by atoms with Gasteiger partial charge in [0, 0.05) is 11.3 Å². The number of aliphatic carboxylic acids is 2. The van der Waals surface area contributed by atoms with E-state index in [1.165, 1.54) is 4.90 Å². The molecule has 0 radical (unpaired) electrons.